The van der Waals surface area contributed by atoms with Gasteiger partial charge in [0.05, 0.1) is 18.1 Å². The van der Waals surface area contributed by atoms with Gasteiger partial charge in [-0.05, 0) is 69.9 Å². The first-order valence-corrected chi connectivity index (χ1v) is 10.9. The second-order valence-electron chi connectivity index (χ2n) is 9.96. The van der Waals surface area contributed by atoms with Crippen molar-refractivity contribution in [3.8, 4) is 34.0 Å². The number of phenols is 1. The molecular formula is C25H31N5O2. The van der Waals surface area contributed by atoms with Gasteiger partial charge in [-0.15, -0.1) is 0 Å². The molecule has 3 aromatic rings. The Morgan fingerprint density at radius 1 is 0.906 bits per heavy atom. The highest BCUT2D eigenvalue weighted by Crippen LogP contribution is 2.35. The third kappa shape index (κ3) is 4.67. The van der Waals surface area contributed by atoms with Crippen LogP contribution >= 0.6 is 0 Å². The van der Waals surface area contributed by atoms with Crippen LogP contribution < -0.4 is 10.2 Å². The molecule has 1 saturated heterocycles. The maximum Gasteiger partial charge on any atom is 0.211 e. The number of phenolic OH excluding ortho intramolecular Hbond substituents is 1. The van der Waals surface area contributed by atoms with Gasteiger partial charge in [-0.25, -0.2) is 9.97 Å². The van der Waals surface area contributed by atoms with Crippen molar-refractivity contribution in [2.45, 2.75) is 57.7 Å². The number of rotatable bonds is 4. The molecule has 0 saturated carbocycles. The van der Waals surface area contributed by atoms with E-state index in [4.69, 9.17) is 0 Å². The van der Waals surface area contributed by atoms with Crippen LogP contribution in [0.15, 0.2) is 48.9 Å². The number of pyridine rings is 1. The molecule has 0 spiro atoms. The largest absolute Gasteiger partial charge is 0.507 e. The zero-order valence-electron chi connectivity index (χ0n) is 19.3. The van der Waals surface area contributed by atoms with E-state index >= 15 is 0 Å². The third-order valence-corrected chi connectivity index (χ3v) is 6.07. The van der Waals surface area contributed by atoms with E-state index in [-0.39, 0.29) is 22.7 Å². The Morgan fingerprint density at radius 2 is 1.59 bits per heavy atom. The van der Waals surface area contributed by atoms with Crippen LogP contribution in [0, 0.1) is 0 Å². The zero-order valence-corrected chi connectivity index (χ0v) is 19.3. The van der Waals surface area contributed by atoms with Crippen molar-refractivity contribution < 1.29 is 10.2 Å². The predicted molar refractivity (Wildman–Crippen MR) is 127 cm³/mol. The van der Waals surface area contributed by atoms with Crippen LogP contribution in [-0.2, 0) is 0 Å². The highest BCUT2D eigenvalue weighted by molar-refractivity contribution is 5.74. The number of nitrogens with zero attached hydrogens (tertiary/aromatic N) is 4. The predicted octanol–water partition coefficient (Wildman–Crippen LogP) is 4.36. The fraction of sp³-hybridized carbons (Fsp3) is 0.400. The highest BCUT2D eigenvalue weighted by atomic mass is 16.3. The van der Waals surface area contributed by atoms with Gasteiger partial charge >= 0.3 is 0 Å². The molecule has 4 rings (SSSR count). The molecular weight excluding hydrogens is 402 g/mol. The Balaban J connectivity index is 1.55. The lowest BCUT2D eigenvalue weighted by Gasteiger charge is -2.49. The van der Waals surface area contributed by atoms with Gasteiger partial charge in [-0.3, -0.25) is 4.98 Å². The summed E-state index contributed by atoms with van der Waals surface area (Å²) in [7, 11) is 2.07. The standard InChI is InChI=1S/C25H31N5O2/c1-24(2)12-18(13-25(3,4)29-24)30(5)22-15-27-20(14-28-22)19-7-6-16(10-21(19)31)17-8-9-26-23(32)11-17/h6-11,14-15,18,29,31H,12-13H2,1-5H3,(H,26,32). The van der Waals surface area contributed by atoms with Gasteiger partial charge in [-0.2, -0.15) is 0 Å². The summed E-state index contributed by atoms with van der Waals surface area (Å²) in [5.41, 5.74) is 2.87. The van der Waals surface area contributed by atoms with E-state index in [0.717, 1.165) is 29.8 Å². The average molecular weight is 434 g/mol. The molecule has 0 amide bonds. The van der Waals surface area contributed by atoms with E-state index in [2.05, 4.69) is 59.9 Å². The number of anilines is 1. The number of benzene rings is 1. The van der Waals surface area contributed by atoms with E-state index in [0.29, 0.717) is 17.3 Å². The third-order valence-electron chi connectivity index (χ3n) is 6.07. The van der Waals surface area contributed by atoms with Gasteiger partial charge in [0.15, 0.2) is 0 Å². The monoisotopic (exact) mass is 433 g/mol. The molecule has 0 atom stereocenters. The number of nitrogens with one attached hydrogen (secondary N) is 1. The first-order chi connectivity index (χ1) is 15.0. The van der Waals surface area contributed by atoms with Crippen molar-refractivity contribution >= 4 is 5.82 Å². The van der Waals surface area contributed by atoms with Crippen molar-refractivity contribution in [1.29, 1.82) is 0 Å². The Morgan fingerprint density at radius 3 is 2.19 bits per heavy atom. The molecule has 2 aromatic heterocycles. The van der Waals surface area contributed by atoms with E-state index in [9.17, 15) is 10.2 Å². The minimum atomic E-state index is -0.0582. The Labute approximate surface area is 189 Å². The van der Waals surface area contributed by atoms with E-state index < -0.39 is 0 Å². The summed E-state index contributed by atoms with van der Waals surface area (Å²) in [5.74, 6) is 0.865. The van der Waals surface area contributed by atoms with Crippen molar-refractivity contribution in [2.24, 2.45) is 0 Å². The normalized spacial score (nSPS) is 17.8. The molecule has 0 radical (unpaired) electrons. The molecule has 1 aliphatic heterocycles. The minimum Gasteiger partial charge on any atom is -0.507 e. The maximum atomic E-state index is 10.6. The molecule has 32 heavy (non-hydrogen) atoms. The SMILES string of the molecule is CN(c1cnc(-c2ccc(-c3ccnc(O)c3)cc2O)cn1)C1CC(C)(C)NC(C)(C)C1. The molecule has 3 N–H and O–H groups in total. The molecule has 1 aliphatic rings. The van der Waals surface area contributed by atoms with Crippen LogP contribution in [0.4, 0.5) is 5.82 Å². The molecule has 7 heteroatoms. The van der Waals surface area contributed by atoms with Gasteiger partial charge in [0.2, 0.25) is 5.88 Å². The van der Waals surface area contributed by atoms with Gasteiger partial charge in [0.1, 0.15) is 11.6 Å². The Bertz CT molecular complexity index is 1100. The maximum absolute atomic E-state index is 10.6. The fourth-order valence-corrected chi connectivity index (χ4v) is 4.90. The lowest BCUT2D eigenvalue weighted by Crippen LogP contribution is -2.62. The van der Waals surface area contributed by atoms with Gasteiger partial charge in [0, 0.05) is 42.0 Å². The quantitative estimate of drug-likeness (QED) is 0.563. The van der Waals surface area contributed by atoms with Crippen molar-refractivity contribution in [2.75, 3.05) is 11.9 Å². The van der Waals surface area contributed by atoms with Crippen molar-refractivity contribution in [3.63, 3.8) is 0 Å². The molecule has 3 heterocycles. The van der Waals surface area contributed by atoms with Crippen LogP contribution in [-0.4, -0.2) is 49.3 Å². The molecule has 0 unspecified atom stereocenters. The smallest absolute Gasteiger partial charge is 0.211 e. The number of aromatic nitrogens is 3. The molecule has 168 valence electrons. The molecule has 7 nitrogen and oxygen atoms in total. The van der Waals surface area contributed by atoms with E-state index in [1.165, 1.54) is 6.20 Å². The summed E-state index contributed by atoms with van der Waals surface area (Å²) in [5, 5.41) is 23.9. The van der Waals surface area contributed by atoms with Gasteiger partial charge in [-0.1, -0.05) is 6.07 Å². The number of hydrogen-bond donors (Lipinski definition) is 3. The summed E-state index contributed by atoms with van der Waals surface area (Å²) in [6, 6.07) is 9.04. The second kappa shape index (κ2) is 8.06. The summed E-state index contributed by atoms with van der Waals surface area (Å²) < 4.78 is 0. The highest BCUT2D eigenvalue weighted by Gasteiger charge is 2.39. The summed E-state index contributed by atoms with van der Waals surface area (Å²) >= 11 is 0. The fourth-order valence-electron chi connectivity index (χ4n) is 4.90. The minimum absolute atomic E-state index is 0.0488. The van der Waals surface area contributed by atoms with E-state index in [1.807, 2.05) is 12.1 Å². The summed E-state index contributed by atoms with van der Waals surface area (Å²) in [6.45, 7) is 8.96. The second-order valence-corrected chi connectivity index (χ2v) is 9.96. The van der Waals surface area contributed by atoms with Gasteiger partial charge in [0.25, 0.3) is 0 Å². The number of piperidine rings is 1. The average Bonchev–Trinajstić information content (AvgIpc) is 2.71. The topological polar surface area (TPSA) is 94.4 Å². The van der Waals surface area contributed by atoms with Crippen molar-refractivity contribution in [1.82, 2.24) is 20.3 Å². The zero-order chi connectivity index (χ0) is 23.1. The number of hydrogen-bond acceptors (Lipinski definition) is 7. The molecule has 1 aromatic carbocycles. The summed E-state index contributed by atoms with van der Waals surface area (Å²) in [4.78, 5) is 15.2. The Hall–Kier alpha value is -3.19. The van der Waals surface area contributed by atoms with Crippen LogP contribution in [0.3, 0.4) is 0 Å². The van der Waals surface area contributed by atoms with Crippen LogP contribution in [0.1, 0.15) is 40.5 Å². The Kier molecular flexibility index (Phi) is 5.54. The van der Waals surface area contributed by atoms with Crippen LogP contribution in [0.2, 0.25) is 0 Å². The molecule has 1 fully saturated rings. The lowest BCUT2D eigenvalue weighted by molar-refractivity contribution is 0.160. The number of aromatic hydroxyl groups is 2. The van der Waals surface area contributed by atoms with Gasteiger partial charge < -0.3 is 20.4 Å². The lowest BCUT2D eigenvalue weighted by atomic mass is 9.79. The van der Waals surface area contributed by atoms with Crippen molar-refractivity contribution in [3.05, 3.63) is 48.9 Å². The van der Waals surface area contributed by atoms with Crippen LogP contribution in [0.5, 0.6) is 11.6 Å². The molecule has 0 bridgehead atoms. The molecule has 0 aliphatic carbocycles. The first kappa shape index (κ1) is 22.0. The van der Waals surface area contributed by atoms with Crippen LogP contribution in [0.25, 0.3) is 22.4 Å². The summed E-state index contributed by atoms with van der Waals surface area (Å²) in [6.07, 6.45) is 7.04. The first-order valence-electron chi connectivity index (χ1n) is 10.9. The van der Waals surface area contributed by atoms with E-state index in [1.54, 1.807) is 30.6 Å².